The number of benzene rings is 2. The van der Waals surface area contributed by atoms with Crippen LogP contribution >= 0.6 is 35.6 Å². The Morgan fingerprint density at radius 1 is 1.25 bits per heavy atom. The number of anilines is 1. The molecule has 0 unspecified atom stereocenters. The molecule has 0 aliphatic heterocycles. The molecule has 0 saturated carbocycles. The fraction of sp³-hybridized carbons (Fsp3) is 0.261. The molecular formula is C23H27ClIN7. The number of para-hydroxylation sites is 1. The number of aromatic nitrogens is 2. The van der Waals surface area contributed by atoms with E-state index < -0.39 is 0 Å². The summed E-state index contributed by atoms with van der Waals surface area (Å²) in [4.78, 5) is 6.39. The van der Waals surface area contributed by atoms with Crippen LogP contribution in [0.2, 0.25) is 5.02 Å². The molecule has 3 rings (SSSR count). The highest BCUT2D eigenvalue weighted by molar-refractivity contribution is 14.0. The second-order valence-electron chi connectivity index (χ2n) is 7.13. The van der Waals surface area contributed by atoms with E-state index in [1.54, 1.807) is 11.7 Å². The molecule has 0 spiro atoms. The fourth-order valence-electron chi connectivity index (χ4n) is 3.37. The zero-order valence-corrected chi connectivity index (χ0v) is 21.2. The molecule has 3 N–H and O–H groups in total. The van der Waals surface area contributed by atoms with E-state index in [0.717, 1.165) is 28.7 Å². The highest BCUT2D eigenvalue weighted by atomic mass is 127. The van der Waals surface area contributed by atoms with Crippen molar-refractivity contribution in [3.8, 4) is 11.8 Å². The maximum absolute atomic E-state index is 9.54. The lowest BCUT2D eigenvalue weighted by Crippen LogP contribution is -2.39. The Labute approximate surface area is 210 Å². The van der Waals surface area contributed by atoms with Gasteiger partial charge in [-0.15, -0.1) is 24.0 Å². The van der Waals surface area contributed by atoms with Crippen molar-refractivity contribution >= 4 is 47.4 Å². The highest BCUT2D eigenvalue weighted by Crippen LogP contribution is 2.21. The number of nitrogen functional groups attached to an aromatic ring is 1. The molecule has 2 aromatic carbocycles. The Kier molecular flexibility index (Phi) is 9.81. The van der Waals surface area contributed by atoms with Crippen molar-refractivity contribution in [2.75, 3.05) is 26.4 Å². The number of rotatable bonds is 7. The van der Waals surface area contributed by atoms with E-state index in [2.05, 4.69) is 21.5 Å². The van der Waals surface area contributed by atoms with Gasteiger partial charge in [-0.2, -0.15) is 10.4 Å². The van der Waals surface area contributed by atoms with Crippen LogP contribution in [0.25, 0.3) is 5.69 Å². The number of nitrogens with one attached hydrogen (secondary N) is 1. The van der Waals surface area contributed by atoms with E-state index in [1.807, 2.05) is 66.5 Å². The number of hydrogen-bond donors (Lipinski definition) is 2. The molecule has 0 bridgehead atoms. The second kappa shape index (κ2) is 12.3. The third-order valence-corrected chi connectivity index (χ3v) is 5.10. The fourth-order valence-corrected chi connectivity index (χ4v) is 3.58. The molecule has 1 heterocycles. The Balaban J connectivity index is 0.00000363. The summed E-state index contributed by atoms with van der Waals surface area (Å²) in [5.41, 5.74) is 9.26. The molecule has 0 atom stereocenters. The Morgan fingerprint density at radius 2 is 2.00 bits per heavy atom. The Hall–Kier alpha value is -2.77. The van der Waals surface area contributed by atoms with E-state index >= 15 is 0 Å². The smallest absolute Gasteiger partial charge is 0.193 e. The molecule has 32 heavy (non-hydrogen) atoms. The van der Waals surface area contributed by atoms with Gasteiger partial charge in [-0.05, 0) is 42.7 Å². The summed E-state index contributed by atoms with van der Waals surface area (Å²) in [5, 5.41) is 18.2. The van der Waals surface area contributed by atoms with Gasteiger partial charge in [0.25, 0.3) is 0 Å². The number of aliphatic imine (C=N–C) groups is 1. The van der Waals surface area contributed by atoms with Gasteiger partial charge in [0.2, 0.25) is 0 Å². The minimum atomic E-state index is 0. The van der Waals surface area contributed by atoms with Gasteiger partial charge in [0.05, 0.1) is 11.4 Å². The van der Waals surface area contributed by atoms with Crippen molar-refractivity contribution in [1.82, 2.24) is 20.0 Å². The molecule has 7 nitrogen and oxygen atoms in total. The Bertz CT molecular complexity index is 1090. The number of hydrogen-bond acceptors (Lipinski definition) is 4. The van der Waals surface area contributed by atoms with E-state index in [4.69, 9.17) is 17.3 Å². The van der Waals surface area contributed by atoms with Crippen LogP contribution in [-0.2, 0) is 13.0 Å². The number of nitrogens with two attached hydrogens (primary N) is 1. The molecule has 0 fully saturated rings. The number of nitriles is 1. The monoisotopic (exact) mass is 563 g/mol. The van der Waals surface area contributed by atoms with Gasteiger partial charge in [0.1, 0.15) is 17.5 Å². The lowest BCUT2D eigenvalue weighted by Gasteiger charge is -2.22. The molecule has 0 amide bonds. The van der Waals surface area contributed by atoms with Crippen LogP contribution in [0.1, 0.15) is 23.2 Å². The van der Waals surface area contributed by atoms with Gasteiger partial charge < -0.3 is 16.0 Å². The van der Waals surface area contributed by atoms with Crippen molar-refractivity contribution in [1.29, 1.82) is 5.26 Å². The van der Waals surface area contributed by atoms with Gasteiger partial charge in [-0.25, -0.2) is 4.68 Å². The minimum absolute atomic E-state index is 0. The van der Waals surface area contributed by atoms with Gasteiger partial charge in [0, 0.05) is 32.2 Å². The number of aryl methyl sites for hydroxylation is 1. The van der Waals surface area contributed by atoms with Crippen LogP contribution < -0.4 is 11.1 Å². The first kappa shape index (κ1) is 25.5. The molecular weight excluding hydrogens is 537 g/mol. The first-order valence-electron chi connectivity index (χ1n) is 10.0. The van der Waals surface area contributed by atoms with Crippen molar-refractivity contribution in [2.45, 2.75) is 19.4 Å². The summed E-state index contributed by atoms with van der Waals surface area (Å²) >= 11 is 6.08. The molecule has 0 radical (unpaired) electrons. The topological polar surface area (TPSA) is 95.3 Å². The van der Waals surface area contributed by atoms with Crippen LogP contribution in [0.3, 0.4) is 0 Å². The third kappa shape index (κ3) is 6.37. The molecule has 1 aromatic heterocycles. The second-order valence-corrected chi connectivity index (χ2v) is 7.57. The lowest BCUT2D eigenvalue weighted by molar-refractivity contribution is 0.475. The Morgan fingerprint density at radius 3 is 2.66 bits per heavy atom. The average Bonchev–Trinajstić information content (AvgIpc) is 3.09. The van der Waals surface area contributed by atoms with Gasteiger partial charge in [-0.1, -0.05) is 41.9 Å². The largest absolute Gasteiger partial charge is 0.382 e. The summed E-state index contributed by atoms with van der Waals surface area (Å²) in [6, 6.07) is 19.6. The number of halogens is 2. The lowest BCUT2D eigenvalue weighted by atomic mass is 10.1. The van der Waals surface area contributed by atoms with Crippen molar-refractivity contribution < 1.29 is 0 Å². The number of nitrogens with zero attached hydrogens (tertiary/aromatic N) is 5. The minimum Gasteiger partial charge on any atom is -0.382 e. The standard InChI is InChI=1S/C23H26ClN7.HI/c1-27-23(30(2)16-17-8-6-9-18(24)14-17)28-13-7-12-21-20(15-25)22(26)31(29-21)19-10-4-3-5-11-19;/h3-6,8-11,14H,7,12-13,16,26H2,1-2H3,(H,27,28);1H. The van der Waals surface area contributed by atoms with Gasteiger partial charge in [0.15, 0.2) is 5.96 Å². The van der Waals surface area contributed by atoms with Gasteiger partial charge >= 0.3 is 0 Å². The van der Waals surface area contributed by atoms with Crippen LogP contribution in [-0.4, -0.2) is 41.3 Å². The average molecular weight is 564 g/mol. The summed E-state index contributed by atoms with van der Waals surface area (Å²) in [6.07, 6.45) is 1.42. The van der Waals surface area contributed by atoms with Crippen LogP contribution in [0.5, 0.6) is 0 Å². The predicted octanol–water partition coefficient (Wildman–Crippen LogP) is 4.24. The van der Waals surface area contributed by atoms with E-state index in [1.165, 1.54) is 0 Å². The van der Waals surface area contributed by atoms with Crippen LogP contribution in [0, 0.1) is 11.3 Å². The molecule has 0 aliphatic carbocycles. The summed E-state index contributed by atoms with van der Waals surface area (Å²) in [6.45, 7) is 1.38. The van der Waals surface area contributed by atoms with Crippen molar-refractivity contribution in [3.63, 3.8) is 0 Å². The normalized spacial score (nSPS) is 10.9. The molecule has 0 aliphatic rings. The number of guanidine groups is 1. The zero-order chi connectivity index (χ0) is 22.2. The maximum atomic E-state index is 9.54. The summed E-state index contributed by atoms with van der Waals surface area (Å²) < 4.78 is 1.62. The highest BCUT2D eigenvalue weighted by Gasteiger charge is 2.16. The molecule has 3 aromatic rings. The van der Waals surface area contributed by atoms with E-state index in [9.17, 15) is 5.26 Å². The SMILES string of the molecule is CN=C(NCCCc1nn(-c2ccccc2)c(N)c1C#N)N(C)Cc1cccc(Cl)c1.I. The maximum Gasteiger partial charge on any atom is 0.193 e. The summed E-state index contributed by atoms with van der Waals surface area (Å²) in [7, 11) is 3.74. The molecule has 0 saturated heterocycles. The first-order chi connectivity index (χ1) is 15.0. The first-order valence-corrected chi connectivity index (χ1v) is 10.4. The molecule has 168 valence electrons. The zero-order valence-electron chi connectivity index (χ0n) is 18.1. The summed E-state index contributed by atoms with van der Waals surface area (Å²) in [5.74, 6) is 1.16. The molecule has 9 heteroatoms. The van der Waals surface area contributed by atoms with Crippen molar-refractivity contribution in [2.24, 2.45) is 4.99 Å². The van der Waals surface area contributed by atoms with E-state index in [-0.39, 0.29) is 24.0 Å². The van der Waals surface area contributed by atoms with Gasteiger partial charge in [-0.3, -0.25) is 4.99 Å². The quantitative estimate of drug-likeness (QED) is 0.194. The van der Waals surface area contributed by atoms with E-state index in [0.29, 0.717) is 36.6 Å². The predicted molar refractivity (Wildman–Crippen MR) is 141 cm³/mol. The van der Waals surface area contributed by atoms with Crippen LogP contribution in [0.4, 0.5) is 5.82 Å². The third-order valence-electron chi connectivity index (χ3n) is 4.86. The van der Waals surface area contributed by atoms with Crippen LogP contribution in [0.15, 0.2) is 59.6 Å². The van der Waals surface area contributed by atoms with Crippen molar-refractivity contribution in [3.05, 3.63) is 76.4 Å².